The Bertz CT molecular complexity index is 1070. The van der Waals surface area contributed by atoms with Crippen LogP contribution >= 0.6 is 7.60 Å². The minimum atomic E-state index is -3.65. The molecule has 36 heavy (non-hydrogen) atoms. The van der Waals surface area contributed by atoms with Crippen molar-refractivity contribution in [2.24, 2.45) is 5.92 Å². The van der Waals surface area contributed by atoms with Gasteiger partial charge >= 0.3 is 25.5 Å². The van der Waals surface area contributed by atoms with Gasteiger partial charge in [-0.2, -0.15) is 0 Å². The Hall–Kier alpha value is -3.13. The zero-order valence-electron chi connectivity index (χ0n) is 20.6. The minimum Gasteiger partial charge on any atom is -0.426 e. The summed E-state index contributed by atoms with van der Waals surface area (Å²) in [6, 6.07) is 14.4. The number of benzene rings is 2. The molecular formula is C26H31O9P. The van der Waals surface area contributed by atoms with Crippen molar-refractivity contribution in [3.05, 3.63) is 65.7 Å². The molecule has 0 aliphatic carbocycles. The summed E-state index contributed by atoms with van der Waals surface area (Å²) in [4.78, 5) is 48.7. The third-order valence-electron chi connectivity index (χ3n) is 4.94. The third kappa shape index (κ3) is 9.85. The van der Waals surface area contributed by atoms with Crippen molar-refractivity contribution >= 4 is 31.3 Å². The average molecular weight is 518 g/mol. The van der Waals surface area contributed by atoms with Crippen molar-refractivity contribution in [1.82, 2.24) is 0 Å². The first-order valence-electron chi connectivity index (χ1n) is 11.6. The Morgan fingerprint density at radius 1 is 0.889 bits per heavy atom. The van der Waals surface area contributed by atoms with E-state index in [1.807, 2.05) is 0 Å². The Balaban J connectivity index is 2.10. The normalized spacial score (nSPS) is 12.0. The van der Waals surface area contributed by atoms with Gasteiger partial charge in [0.05, 0.1) is 30.9 Å². The average Bonchev–Trinajstić information content (AvgIpc) is 2.83. The first-order chi connectivity index (χ1) is 17.2. The maximum Gasteiger partial charge on any atom is 0.345 e. The Morgan fingerprint density at radius 2 is 1.50 bits per heavy atom. The molecule has 194 valence electrons. The molecule has 9 nitrogen and oxygen atoms in total. The van der Waals surface area contributed by atoms with Crippen LogP contribution in [-0.2, 0) is 39.2 Å². The number of carbonyl (C=O) groups excluding carboxylic acids is 4. The van der Waals surface area contributed by atoms with Crippen LogP contribution in [0.15, 0.2) is 54.6 Å². The second-order valence-corrected chi connectivity index (χ2v) is 10.0. The zero-order valence-corrected chi connectivity index (χ0v) is 21.5. The number of hydrogen-bond donors (Lipinski definition) is 0. The fourth-order valence-corrected chi connectivity index (χ4v) is 5.28. The van der Waals surface area contributed by atoms with Gasteiger partial charge in [0.15, 0.2) is 0 Å². The van der Waals surface area contributed by atoms with Gasteiger partial charge < -0.3 is 18.5 Å². The van der Waals surface area contributed by atoms with E-state index in [0.717, 1.165) is 5.56 Å². The van der Waals surface area contributed by atoms with E-state index in [-0.39, 0.29) is 55.7 Å². The van der Waals surface area contributed by atoms with E-state index in [1.165, 1.54) is 19.1 Å². The monoisotopic (exact) mass is 518 g/mol. The lowest BCUT2D eigenvalue weighted by atomic mass is 10.1. The van der Waals surface area contributed by atoms with Crippen LogP contribution in [0.5, 0.6) is 5.75 Å². The Kier molecular flexibility index (Phi) is 11.7. The van der Waals surface area contributed by atoms with E-state index < -0.39 is 31.4 Å². The summed E-state index contributed by atoms with van der Waals surface area (Å²) in [6.07, 6.45) is -0.456. The number of ether oxygens (including phenoxy) is 2. The molecule has 0 fully saturated rings. The molecule has 0 aliphatic heterocycles. The van der Waals surface area contributed by atoms with Gasteiger partial charge in [0.25, 0.3) is 0 Å². The molecule has 0 aliphatic rings. The third-order valence-corrected chi connectivity index (χ3v) is 7.13. The molecule has 0 radical (unpaired) electrons. The molecule has 0 saturated carbocycles. The van der Waals surface area contributed by atoms with Gasteiger partial charge in [-0.15, -0.1) is 0 Å². The summed E-state index contributed by atoms with van der Waals surface area (Å²) in [7, 11) is -3.65. The second kappa shape index (κ2) is 14.4. The number of esters is 3. The largest absolute Gasteiger partial charge is 0.426 e. The Morgan fingerprint density at radius 3 is 2.06 bits per heavy atom. The van der Waals surface area contributed by atoms with Crippen molar-refractivity contribution in [2.75, 3.05) is 19.4 Å². The quantitative estimate of drug-likeness (QED) is 0.151. The van der Waals surface area contributed by atoms with Gasteiger partial charge in [-0.3, -0.25) is 18.9 Å². The molecular weight excluding hydrogens is 487 g/mol. The van der Waals surface area contributed by atoms with E-state index in [9.17, 15) is 23.7 Å². The van der Waals surface area contributed by atoms with E-state index in [1.54, 1.807) is 56.3 Å². The Labute approximate surface area is 210 Å². The molecule has 1 atom stereocenters. The summed E-state index contributed by atoms with van der Waals surface area (Å²) in [5, 5.41) is 0. The highest BCUT2D eigenvalue weighted by Gasteiger charge is 2.34. The molecule has 10 heteroatoms. The molecule has 0 spiro atoms. The molecule has 2 aromatic carbocycles. The minimum absolute atomic E-state index is 0.0000386. The zero-order chi connectivity index (χ0) is 26.6. The molecule has 2 rings (SSSR count). The lowest BCUT2D eigenvalue weighted by molar-refractivity contribution is -0.140. The van der Waals surface area contributed by atoms with E-state index in [0.29, 0.717) is 0 Å². The van der Waals surface area contributed by atoms with Crippen molar-refractivity contribution < 1.29 is 42.3 Å². The number of carbonyl (C=O) groups is 4. The van der Waals surface area contributed by atoms with Crippen molar-refractivity contribution in [1.29, 1.82) is 0 Å². The predicted octanol–water partition coefficient (Wildman–Crippen LogP) is 4.77. The highest BCUT2D eigenvalue weighted by Crippen LogP contribution is 2.50. The standard InChI is InChI=1S/C26H31O9P/c1-4-32-36(31,33-5-2)18-22(13-16-24(28)35-25(29)21-9-7-6-8-10-21)26(30)34-23-14-11-20(12-15-23)17-19(3)27/h6-12,14-15,22H,4-5,13,16-18H2,1-3H3. The fourth-order valence-electron chi connectivity index (χ4n) is 3.33. The number of ketones is 1. The second-order valence-electron chi connectivity index (χ2n) is 7.94. The summed E-state index contributed by atoms with van der Waals surface area (Å²) >= 11 is 0. The fraction of sp³-hybridized carbons (Fsp3) is 0.385. The molecule has 1 unspecified atom stereocenters. The van der Waals surface area contributed by atoms with Crippen LogP contribution in [-0.4, -0.2) is 43.1 Å². The summed E-state index contributed by atoms with van der Waals surface area (Å²) in [5.74, 6) is -3.19. The van der Waals surface area contributed by atoms with Gasteiger partial charge in [0, 0.05) is 12.8 Å². The lowest BCUT2D eigenvalue weighted by Gasteiger charge is -2.22. The van der Waals surface area contributed by atoms with E-state index in [4.69, 9.17) is 18.5 Å². The van der Waals surface area contributed by atoms with Gasteiger partial charge in [0.2, 0.25) is 0 Å². The van der Waals surface area contributed by atoms with Crippen LogP contribution in [0.25, 0.3) is 0 Å². The van der Waals surface area contributed by atoms with Gasteiger partial charge in [-0.1, -0.05) is 30.3 Å². The number of Topliss-reactive ketones (excluding diaryl/α,β-unsaturated/α-hetero) is 1. The topological polar surface area (TPSA) is 122 Å². The van der Waals surface area contributed by atoms with Crippen molar-refractivity contribution in [3.63, 3.8) is 0 Å². The number of rotatable bonds is 14. The first kappa shape index (κ1) is 29.1. The summed E-state index contributed by atoms with van der Waals surface area (Å²) < 4.78 is 34.0. The molecule has 2 aromatic rings. The molecule has 0 aromatic heterocycles. The molecule has 0 bridgehead atoms. The van der Waals surface area contributed by atoms with E-state index >= 15 is 0 Å². The van der Waals surface area contributed by atoms with Crippen LogP contribution in [0.1, 0.15) is 49.5 Å². The lowest BCUT2D eigenvalue weighted by Crippen LogP contribution is -2.26. The number of hydrogen-bond acceptors (Lipinski definition) is 9. The van der Waals surface area contributed by atoms with Crippen LogP contribution < -0.4 is 4.74 Å². The van der Waals surface area contributed by atoms with Crippen LogP contribution in [0.3, 0.4) is 0 Å². The summed E-state index contributed by atoms with van der Waals surface area (Å²) in [6.45, 7) is 4.98. The first-order valence-corrected chi connectivity index (χ1v) is 13.4. The van der Waals surface area contributed by atoms with E-state index in [2.05, 4.69) is 0 Å². The molecule has 0 heterocycles. The maximum absolute atomic E-state index is 13.1. The van der Waals surface area contributed by atoms with Gasteiger partial charge in [-0.05, 0) is 57.0 Å². The van der Waals surface area contributed by atoms with Gasteiger partial charge in [0.1, 0.15) is 11.5 Å². The molecule has 0 saturated heterocycles. The molecule has 0 N–H and O–H groups in total. The molecule has 0 amide bonds. The van der Waals surface area contributed by atoms with Crippen LogP contribution in [0.4, 0.5) is 0 Å². The smallest absolute Gasteiger partial charge is 0.345 e. The predicted molar refractivity (Wildman–Crippen MR) is 132 cm³/mol. The van der Waals surface area contributed by atoms with Crippen LogP contribution in [0, 0.1) is 5.92 Å². The maximum atomic E-state index is 13.1. The SMILES string of the molecule is CCOP(=O)(CC(CCC(=O)OC(=O)c1ccccc1)C(=O)Oc1ccc(CC(C)=O)cc1)OCC. The summed E-state index contributed by atoms with van der Waals surface area (Å²) in [5.41, 5.74) is 0.981. The highest BCUT2D eigenvalue weighted by atomic mass is 31.2. The van der Waals surface area contributed by atoms with Crippen molar-refractivity contribution in [2.45, 2.75) is 40.0 Å². The highest BCUT2D eigenvalue weighted by molar-refractivity contribution is 7.53. The van der Waals surface area contributed by atoms with Crippen LogP contribution in [0.2, 0.25) is 0 Å². The van der Waals surface area contributed by atoms with Gasteiger partial charge in [-0.25, -0.2) is 4.79 Å². The van der Waals surface area contributed by atoms with Crippen molar-refractivity contribution in [3.8, 4) is 5.75 Å².